The largest absolute Gasteiger partial charge is 0.466 e. The number of aliphatic hydroxyl groups is 1. The zero-order valence-corrected chi connectivity index (χ0v) is 33.3. The van der Waals surface area contributed by atoms with Gasteiger partial charge < -0.3 is 19.5 Å². The molecule has 6 heteroatoms. The molecule has 0 aromatic rings. The number of unbranched alkanes of at least 4 members (excludes halogenated alkanes) is 22. The maximum atomic E-state index is 12.7. The average molecular weight is 696 g/mol. The van der Waals surface area contributed by atoms with Gasteiger partial charge in [-0.05, 0) is 77.3 Å². The Morgan fingerprint density at radius 2 is 0.857 bits per heavy atom. The van der Waals surface area contributed by atoms with E-state index >= 15 is 0 Å². The Hall–Kier alpha value is -1.14. The summed E-state index contributed by atoms with van der Waals surface area (Å²) in [5.74, 6) is -0.0582. The predicted octanol–water partition coefficient (Wildman–Crippen LogP) is 12.3. The van der Waals surface area contributed by atoms with Gasteiger partial charge in [0.2, 0.25) is 0 Å². The summed E-state index contributed by atoms with van der Waals surface area (Å²) in [4.78, 5) is 27.3. The van der Waals surface area contributed by atoms with E-state index < -0.39 is 0 Å². The molecule has 0 fully saturated rings. The number of hydrogen-bond acceptors (Lipinski definition) is 6. The van der Waals surface area contributed by atoms with E-state index in [1.54, 1.807) is 0 Å². The van der Waals surface area contributed by atoms with Gasteiger partial charge in [-0.15, -0.1) is 0 Å². The van der Waals surface area contributed by atoms with E-state index in [1.165, 1.54) is 122 Å². The van der Waals surface area contributed by atoms with E-state index in [0.29, 0.717) is 19.4 Å². The Kier molecular flexibility index (Phi) is 38.7. The fourth-order valence-corrected chi connectivity index (χ4v) is 6.68. The molecular weight excluding hydrogens is 610 g/mol. The SMILES string of the molecule is CCCCCCCCCCCOC(=O)CCCCCN(CCCO)CCCCCC(=O)OC(CCCCCCCC)CCCCCCCC. The molecule has 0 atom stereocenters. The summed E-state index contributed by atoms with van der Waals surface area (Å²) in [6, 6.07) is 0. The first-order valence-electron chi connectivity index (χ1n) is 21.8. The van der Waals surface area contributed by atoms with Crippen molar-refractivity contribution in [2.24, 2.45) is 0 Å². The van der Waals surface area contributed by atoms with Crippen molar-refractivity contribution in [3.63, 3.8) is 0 Å². The van der Waals surface area contributed by atoms with Crippen molar-refractivity contribution >= 4 is 11.9 Å². The zero-order valence-electron chi connectivity index (χ0n) is 33.3. The van der Waals surface area contributed by atoms with Crippen molar-refractivity contribution in [1.82, 2.24) is 4.90 Å². The number of esters is 2. The van der Waals surface area contributed by atoms with Crippen LogP contribution in [0.5, 0.6) is 0 Å². The molecule has 292 valence electrons. The highest BCUT2D eigenvalue weighted by Gasteiger charge is 2.14. The molecule has 0 bridgehead atoms. The first-order valence-corrected chi connectivity index (χ1v) is 21.8. The molecule has 0 unspecified atom stereocenters. The molecule has 49 heavy (non-hydrogen) atoms. The highest BCUT2D eigenvalue weighted by Crippen LogP contribution is 2.18. The Morgan fingerprint density at radius 1 is 0.469 bits per heavy atom. The monoisotopic (exact) mass is 696 g/mol. The Bertz CT molecular complexity index is 671. The number of rotatable bonds is 40. The van der Waals surface area contributed by atoms with Gasteiger partial charge in [0.1, 0.15) is 6.10 Å². The summed E-state index contributed by atoms with van der Waals surface area (Å²) in [7, 11) is 0. The van der Waals surface area contributed by atoms with Crippen LogP contribution in [0, 0.1) is 0 Å². The third-order valence-electron chi connectivity index (χ3n) is 9.91. The molecule has 0 heterocycles. The number of nitrogens with zero attached hydrogens (tertiary/aromatic N) is 1. The molecule has 0 saturated heterocycles. The van der Waals surface area contributed by atoms with Crippen molar-refractivity contribution in [2.75, 3.05) is 32.8 Å². The van der Waals surface area contributed by atoms with Crippen molar-refractivity contribution < 1.29 is 24.2 Å². The summed E-state index contributed by atoms with van der Waals surface area (Å²) >= 11 is 0. The molecule has 0 radical (unpaired) electrons. The molecule has 0 aliphatic rings. The summed E-state index contributed by atoms with van der Waals surface area (Å²) in [5, 5.41) is 9.37. The summed E-state index contributed by atoms with van der Waals surface area (Å²) < 4.78 is 11.5. The number of carbonyl (C=O) groups is 2. The van der Waals surface area contributed by atoms with E-state index in [4.69, 9.17) is 9.47 Å². The van der Waals surface area contributed by atoms with Crippen LogP contribution in [0.2, 0.25) is 0 Å². The number of hydrogen-bond donors (Lipinski definition) is 1. The minimum Gasteiger partial charge on any atom is -0.466 e. The summed E-state index contributed by atoms with van der Waals surface area (Å²) in [6.45, 7) is 10.4. The molecule has 6 nitrogen and oxygen atoms in total. The fourth-order valence-electron chi connectivity index (χ4n) is 6.68. The number of ether oxygens (including phenoxy) is 2. The second kappa shape index (κ2) is 39.6. The lowest BCUT2D eigenvalue weighted by Gasteiger charge is -2.22. The van der Waals surface area contributed by atoms with Gasteiger partial charge in [0.15, 0.2) is 0 Å². The van der Waals surface area contributed by atoms with E-state index in [1.807, 2.05) is 0 Å². The third-order valence-corrected chi connectivity index (χ3v) is 9.91. The highest BCUT2D eigenvalue weighted by atomic mass is 16.5. The van der Waals surface area contributed by atoms with Crippen molar-refractivity contribution in [1.29, 1.82) is 0 Å². The zero-order chi connectivity index (χ0) is 35.9. The van der Waals surface area contributed by atoms with Gasteiger partial charge >= 0.3 is 11.9 Å². The maximum absolute atomic E-state index is 12.7. The van der Waals surface area contributed by atoms with Crippen LogP contribution in [0.4, 0.5) is 0 Å². The van der Waals surface area contributed by atoms with Gasteiger partial charge in [-0.2, -0.15) is 0 Å². The molecule has 0 saturated carbocycles. The van der Waals surface area contributed by atoms with Crippen LogP contribution in [0.1, 0.15) is 226 Å². The standard InChI is InChI=1S/C43H85NO5/c1-4-7-10-13-16-17-18-21-30-40-48-42(46)34-26-22-28-36-44(38-31-39-45)37-29-23-27-35-43(47)49-41(32-24-19-14-11-8-5-2)33-25-20-15-12-9-6-3/h41,45H,4-40H2,1-3H3. The van der Waals surface area contributed by atoms with E-state index in [9.17, 15) is 14.7 Å². The van der Waals surface area contributed by atoms with Gasteiger partial charge in [-0.3, -0.25) is 9.59 Å². The first-order chi connectivity index (χ1) is 24.1. The van der Waals surface area contributed by atoms with Crippen LogP contribution in [-0.4, -0.2) is 60.9 Å². The van der Waals surface area contributed by atoms with E-state index in [-0.39, 0.29) is 24.6 Å². The topological polar surface area (TPSA) is 76.1 Å². The van der Waals surface area contributed by atoms with Crippen LogP contribution >= 0.6 is 0 Å². The van der Waals surface area contributed by atoms with Crippen molar-refractivity contribution in [3.05, 3.63) is 0 Å². The molecule has 0 amide bonds. The van der Waals surface area contributed by atoms with E-state index in [0.717, 1.165) is 90.3 Å². The van der Waals surface area contributed by atoms with Crippen LogP contribution < -0.4 is 0 Å². The van der Waals surface area contributed by atoms with Gasteiger partial charge in [-0.1, -0.05) is 149 Å². The predicted molar refractivity (Wildman–Crippen MR) is 209 cm³/mol. The molecule has 0 rings (SSSR count). The Balaban J connectivity index is 4.12. The highest BCUT2D eigenvalue weighted by molar-refractivity contribution is 5.69. The molecule has 0 spiro atoms. The maximum Gasteiger partial charge on any atom is 0.306 e. The molecular formula is C43H85NO5. The Morgan fingerprint density at radius 3 is 1.33 bits per heavy atom. The van der Waals surface area contributed by atoms with Gasteiger partial charge in [0.25, 0.3) is 0 Å². The van der Waals surface area contributed by atoms with E-state index in [2.05, 4.69) is 25.7 Å². The van der Waals surface area contributed by atoms with Crippen LogP contribution in [0.15, 0.2) is 0 Å². The minimum absolute atomic E-state index is 0.00852. The molecule has 0 aliphatic carbocycles. The summed E-state index contributed by atoms with van der Waals surface area (Å²) in [6.07, 6.45) is 36.6. The third kappa shape index (κ3) is 36.5. The average Bonchev–Trinajstić information content (AvgIpc) is 3.10. The Labute approximate surface area is 305 Å². The smallest absolute Gasteiger partial charge is 0.306 e. The molecule has 0 aromatic heterocycles. The van der Waals surface area contributed by atoms with Crippen LogP contribution in [0.3, 0.4) is 0 Å². The molecule has 1 N–H and O–H groups in total. The number of aliphatic hydroxyl groups excluding tert-OH is 1. The first kappa shape index (κ1) is 47.9. The van der Waals surface area contributed by atoms with Crippen molar-refractivity contribution in [2.45, 2.75) is 232 Å². The molecule has 0 aliphatic heterocycles. The normalized spacial score (nSPS) is 11.6. The second-order valence-corrected chi connectivity index (χ2v) is 14.8. The van der Waals surface area contributed by atoms with Crippen LogP contribution in [0.25, 0.3) is 0 Å². The van der Waals surface area contributed by atoms with Gasteiger partial charge in [-0.25, -0.2) is 0 Å². The lowest BCUT2D eigenvalue weighted by Crippen LogP contribution is -2.28. The lowest BCUT2D eigenvalue weighted by atomic mass is 10.0. The lowest BCUT2D eigenvalue weighted by molar-refractivity contribution is -0.150. The number of carbonyl (C=O) groups excluding carboxylic acids is 2. The van der Waals surface area contributed by atoms with Crippen LogP contribution in [-0.2, 0) is 19.1 Å². The quantitative estimate of drug-likeness (QED) is 0.0508. The minimum atomic E-state index is -0.0497. The van der Waals surface area contributed by atoms with Gasteiger partial charge in [0, 0.05) is 26.0 Å². The molecule has 0 aromatic carbocycles. The van der Waals surface area contributed by atoms with Crippen molar-refractivity contribution in [3.8, 4) is 0 Å². The van der Waals surface area contributed by atoms with Gasteiger partial charge in [0.05, 0.1) is 6.61 Å². The second-order valence-electron chi connectivity index (χ2n) is 14.8. The summed E-state index contributed by atoms with van der Waals surface area (Å²) in [5.41, 5.74) is 0. The fraction of sp³-hybridized carbons (Fsp3) is 0.953.